The van der Waals surface area contributed by atoms with Gasteiger partial charge in [0, 0.05) is 12.0 Å². The minimum atomic E-state index is 0. The Morgan fingerprint density at radius 3 is 2.35 bits per heavy atom. The Labute approximate surface area is 130 Å². The first-order valence-electron chi connectivity index (χ1n) is 8.10. The summed E-state index contributed by atoms with van der Waals surface area (Å²) < 4.78 is 0. The Hall–Kier alpha value is -0.530. The van der Waals surface area contributed by atoms with Crippen molar-refractivity contribution in [2.24, 2.45) is 5.92 Å². The topological polar surface area (TPSA) is 3.24 Å². The van der Waals surface area contributed by atoms with E-state index in [2.05, 4.69) is 43.0 Å². The molecule has 2 atom stereocenters. The van der Waals surface area contributed by atoms with E-state index in [9.17, 15) is 0 Å². The second-order valence-corrected chi connectivity index (χ2v) is 6.52. The molecule has 4 rings (SSSR count). The molecule has 20 heavy (non-hydrogen) atoms. The highest BCUT2D eigenvalue weighted by atomic mass is 35.5. The molecule has 0 aromatic heterocycles. The first kappa shape index (κ1) is 15.9. The predicted molar refractivity (Wildman–Crippen MR) is 88.8 cm³/mol. The normalized spacial score (nSPS) is 31.9. The predicted octanol–water partition coefficient (Wildman–Crippen LogP) is 4.78. The quantitative estimate of drug-likeness (QED) is 0.772. The Morgan fingerprint density at radius 2 is 1.75 bits per heavy atom. The van der Waals surface area contributed by atoms with Gasteiger partial charge in [0.05, 0.1) is 0 Å². The highest BCUT2D eigenvalue weighted by Crippen LogP contribution is 2.44. The molecule has 1 nitrogen and oxygen atoms in total. The Balaban J connectivity index is 0.00000147. The van der Waals surface area contributed by atoms with E-state index >= 15 is 0 Å². The van der Waals surface area contributed by atoms with E-state index in [0.29, 0.717) is 0 Å². The number of hydrogen-bond acceptors (Lipinski definition) is 1. The molecular weight excluding hydrogens is 266 g/mol. The molecule has 0 spiro atoms. The van der Waals surface area contributed by atoms with Gasteiger partial charge in [0.1, 0.15) is 0 Å². The van der Waals surface area contributed by atoms with Crippen molar-refractivity contribution in [2.75, 3.05) is 13.1 Å². The highest BCUT2D eigenvalue weighted by molar-refractivity contribution is 5.85. The lowest BCUT2D eigenvalue weighted by Crippen LogP contribution is -2.53. The van der Waals surface area contributed by atoms with Gasteiger partial charge in [-0.25, -0.2) is 0 Å². The monoisotopic (exact) mass is 293 g/mol. The molecule has 2 heteroatoms. The van der Waals surface area contributed by atoms with Crippen molar-refractivity contribution in [3.05, 3.63) is 35.4 Å². The average molecular weight is 294 g/mol. The number of nitrogens with zero attached hydrogens (tertiary/aromatic N) is 1. The van der Waals surface area contributed by atoms with Crippen LogP contribution in [0.25, 0.3) is 0 Å². The van der Waals surface area contributed by atoms with Crippen LogP contribution in [0, 0.1) is 12.8 Å². The number of piperidine rings is 3. The molecule has 112 valence electrons. The van der Waals surface area contributed by atoms with Crippen LogP contribution in [0.3, 0.4) is 0 Å². The summed E-state index contributed by atoms with van der Waals surface area (Å²) in [4.78, 5) is 2.78. The molecule has 0 aliphatic carbocycles. The van der Waals surface area contributed by atoms with E-state index in [0.717, 1.165) is 17.9 Å². The summed E-state index contributed by atoms with van der Waals surface area (Å²) in [5.74, 6) is 1.74. The first-order chi connectivity index (χ1) is 9.29. The smallest absolute Gasteiger partial charge is 0.0167 e. The first-order valence-corrected chi connectivity index (χ1v) is 8.10. The summed E-state index contributed by atoms with van der Waals surface area (Å²) >= 11 is 0. The molecule has 3 fully saturated rings. The SMILES string of the molecule is CCCC[C@@H]1[C@H](c2ccc(C)cc2)C2CCN1CC2.Cl. The van der Waals surface area contributed by atoms with Crippen molar-refractivity contribution in [2.45, 2.75) is 57.9 Å². The Bertz CT molecular complexity index is 406. The molecule has 0 unspecified atom stereocenters. The van der Waals surface area contributed by atoms with Crippen molar-refractivity contribution >= 4 is 12.4 Å². The Morgan fingerprint density at radius 1 is 1.10 bits per heavy atom. The van der Waals surface area contributed by atoms with Crippen LogP contribution in [0.1, 0.15) is 56.1 Å². The lowest BCUT2D eigenvalue weighted by atomic mass is 9.69. The summed E-state index contributed by atoms with van der Waals surface area (Å²) in [6.45, 7) is 7.20. The maximum atomic E-state index is 2.78. The molecule has 1 aromatic carbocycles. The minimum Gasteiger partial charge on any atom is -0.300 e. The van der Waals surface area contributed by atoms with Crippen molar-refractivity contribution < 1.29 is 0 Å². The van der Waals surface area contributed by atoms with Crippen LogP contribution in [0.15, 0.2) is 24.3 Å². The number of aryl methyl sites for hydroxylation is 1. The van der Waals surface area contributed by atoms with Crippen LogP contribution in [0.5, 0.6) is 0 Å². The minimum absolute atomic E-state index is 0. The third-order valence-electron chi connectivity index (χ3n) is 5.28. The van der Waals surface area contributed by atoms with Crippen molar-refractivity contribution in [3.8, 4) is 0 Å². The molecule has 3 heterocycles. The van der Waals surface area contributed by atoms with Crippen molar-refractivity contribution in [1.82, 2.24) is 4.90 Å². The molecule has 3 aliphatic rings. The fraction of sp³-hybridized carbons (Fsp3) is 0.667. The molecule has 0 saturated carbocycles. The van der Waals surface area contributed by atoms with Crippen LogP contribution >= 0.6 is 12.4 Å². The number of rotatable bonds is 4. The molecule has 0 N–H and O–H groups in total. The van der Waals surface area contributed by atoms with E-state index in [1.165, 1.54) is 50.8 Å². The zero-order valence-corrected chi connectivity index (χ0v) is 13.7. The zero-order valence-electron chi connectivity index (χ0n) is 12.8. The molecule has 0 radical (unpaired) electrons. The average Bonchev–Trinajstić information content (AvgIpc) is 2.47. The van der Waals surface area contributed by atoms with Crippen LogP contribution in [-0.4, -0.2) is 24.0 Å². The van der Waals surface area contributed by atoms with Gasteiger partial charge in [0.15, 0.2) is 0 Å². The van der Waals surface area contributed by atoms with E-state index in [1.54, 1.807) is 5.56 Å². The summed E-state index contributed by atoms with van der Waals surface area (Å²) in [5.41, 5.74) is 2.98. The van der Waals surface area contributed by atoms with Gasteiger partial charge in [-0.1, -0.05) is 49.6 Å². The maximum Gasteiger partial charge on any atom is 0.0167 e. The number of halogens is 1. The van der Waals surface area contributed by atoms with Crippen molar-refractivity contribution in [3.63, 3.8) is 0 Å². The van der Waals surface area contributed by atoms with Gasteiger partial charge in [-0.2, -0.15) is 0 Å². The zero-order chi connectivity index (χ0) is 13.2. The summed E-state index contributed by atoms with van der Waals surface area (Å²) in [5, 5.41) is 0. The van der Waals surface area contributed by atoms with E-state index < -0.39 is 0 Å². The Kier molecular flexibility index (Phi) is 5.51. The second-order valence-electron chi connectivity index (χ2n) is 6.52. The largest absolute Gasteiger partial charge is 0.300 e. The number of fused-ring (bicyclic) bond motifs is 3. The second kappa shape index (κ2) is 6.95. The lowest BCUT2D eigenvalue weighted by molar-refractivity contribution is 0.0202. The molecule has 3 aliphatic heterocycles. The lowest BCUT2D eigenvalue weighted by Gasteiger charge is -2.51. The van der Waals surface area contributed by atoms with Crippen LogP contribution in [0.2, 0.25) is 0 Å². The third kappa shape index (κ3) is 3.04. The standard InChI is InChI=1S/C18H27N.ClH/c1-3-4-5-17-18(15-8-6-14(2)7-9-15)16-10-12-19(17)13-11-16;/h6-9,16-18H,3-5,10-13H2,1-2H3;1H/t17-,18-;/m1./s1. The highest BCUT2D eigenvalue weighted by Gasteiger charge is 2.42. The van der Waals surface area contributed by atoms with Crippen LogP contribution in [-0.2, 0) is 0 Å². The molecule has 1 aromatic rings. The van der Waals surface area contributed by atoms with Crippen LogP contribution in [0.4, 0.5) is 0 Å². The van der Waals surface area contributed by atoms with Gasteiger partial charge in [0.2, 0.25) is 0 Å². The molecular formula is C18H28ClN. The van der Waals surface area contributed by atoms with Crippen molar-refractivity contribution in [1.29, 1.82) is 0 Å². The summed E-state index contributed by atoms with van der Waals surface area (Å²) in [6.07, 6.45) is 6.94. The molecule has 0 amide bonds. The third-order valence-corrected chi connectivity index (χ3v) is 5.28. The van der Waals surface area contributed by atoms with Gasteiger partial charge in [-0.05, 0) is 50.8 Å². The van der Waals surface area contributed by atoms with E-state index in [-0.39, 0.29) is 12.4 Å². The number of hydrogen-bond donors (Lipinski definition) is 0. The number of unbranched alkanes of at least 4 members (excludes halogenated alkanes) is 1. The van der Waals surface area contributed by atoms with Crippen LogP contribution < -0.4 is 0 Å². The maximum absolute atomic E-state index is 2.78. The van der Waals surface area contributed by atoms with Gasteiger partial charge in [-0.3, -0.25) is 4.90 Å². The van der Waals surface area contributed by atoms with E-state index in [4.69, 9.17) is 0 Å². The summed E-state index contributed by atoms with van der Waals surface area (Å²) in [6, 6.07) is 10.2. The number of benzene rings is 1. The van der Waals surface area contributed by atoms with Gasteiger partial charge >= 0.3 is 0 Å². The molecule has 2 bridgehead atoms. The molecule has 3 saturated heterocycles. The fourth-order valence-corrected chi connectivity index (χ4v) is 4.21. The van der Waals surface area contributed by atoms with Gasteiger partial charge in [0.25, 0.3) is 0 Å². The summed E-state index contributed by atoms with van der Waals surface area (Å²) in [7, 11) is 0. The van der Waals surface area contributed by atoms with Gasteiger partial charge < -0.3 is 0 Å². The van der Waals surface area contributed by atoms with Gasteiger partial charge in [-0.15, -0.1) is 12.4 Å². The van der Waals surface area contributed by atoms with E-state index in [1.807, 2.05) is 0 Å². The fourth-order valence-electron chi connectivity index (χ4n) is 4.21.